The van der Waals surface area contributed by atoms with Crippen molar-refractivity contribution >= 4 is 6.03 Å². The largest absolute Gasteiger partial charge is 0.389 e. The summed E-state index contributed by atoms with van der Waals surface area (Å²) in [5, 5.41) is 11.4. The highest BCUT2D eigenvalue weighted by atomic mass is 16.5. The number of hydrogen-bond donors (Lipinski definition) is 1. The number of ether oxygens (including phenoxy) is 1. The molecule has 0 spiro atoms. The highest BCUT2D eigenvalue weighted by molar-refractivity contribution is 5.76. The molecule has 6 atom stereocenters. The van der Waals surface area contributed by atoms with Crippen molar-refractivity contribution in [2.45, 2.75) is 43.9 Å². The van der Waals surface area contributed by atoms with Crippen LogP contribution in [-0.2, 0) is 11.3 Å². The second-order valence-electron chi connectivity index (χ2n) is 9.27. The predicted octanol–water partition coefficient (Wildman–Crippen LogP) is 2.74. The van der Waals surface area contributed by atoms with E-state index in [1.807, 2.05) is 30.1 Å². The van der Waals surface area contributed by atoms with Crippen molar-refractivity contribution in [3.63, 3.8) is 0 Å². The molecule has 6 rings (SSSR count). The van der Waals surface area contributed by atoms with E-state index in [1.165, 1.54) is 12.0 Å². The third-order valence-electron chi connectivity index (χ3n) is 7.65. The predicted molar refractivity (Wildman–Crippen MR) is 102 cm³/mol. The van der Waals surface area contributed by atoms with Gasteiger partial charge in [0, 0.05) is 32.1 Å². The van der Waals surface area contributed by atoms with E-state index < -0.39 is 5.60 Å². The van der Waals surface area contributed by atoms with Crippen molar-refractivity contribution < 1.29 is 14.6 Å². The van der Waals surface area contributed by atoms with Crippen LogP contribution in [0.4, 0.5) is 4.79 Å². The Balaban J connectivity index is 1.34. The molecule has 4 bridgehead atoms. The zero-order valence-electron chi connectivity index (χ0n) is 16.1. The van der Waals surface area contributed by atoms with Crippen molar-refractivity contribution in [3.05, 3.63) is 35.9 Å². The van der Waals surface area contributed by atoms with Crippen LogP contribution in [0, 0.1) is 23.7 Å². The van der Waals surface area contributed by atoms with Gasteiger partial charge in [-0.25, -0.2) is 4.79 Å². The van der Waals surface area contributed by atoms with Gasteiger partial charge in [0.1, 0.15) is 0 Å². The summed E-state index contributed by atoms with van der Waals surface area (Å²) in [7, 11) is 1.90. The molecule has 4 saturated carbocycles. The van der Waals surface area contributed by atoms with Gasteiger partial charge in [0.25, 0.3) is 0 Å². The first-order chi connectivity index (χ1) is 13.0. The zero-order valence-corrected chi connectivity index (χ0v) is 16.1. The standard InChI is InChI=1S/C22H30N2O3/c1-23-7-8-24(21(23)25)20-17-9-16-10-18(20)19(22(26,11-16)12-17)14-27-13-15-5-3-2-4-6-15/h2-6,16-20,26H,7-14H2,1H3. The lowest BCUT2D eigenvalue weighted by Crippen LogP contribution is -2.67. The van der Waals surface area contributed by atoms with Crippen LogP contribution in [0.25, 0.3) is 0 Å². The number of benzene rings is 1. The minimum Gasteiger partial charge on any atom is -0.389 e. The Bertz CT molecular complexity index is 711. The molecule has 2 amide bonds. The second kappa shape index (κ2) is 6.49. The zero-order chi connectivity index (χ0) is 18.6. The fraction of sp³-hybridized carbons (Fsp3) is 0.682. The van der Waals surface area contributed by atoms with Gasteiger partial charge in [0.05, 0.1) is 18.8 Å². The summed E-state index contributed by atoms with van der Waals surface area (Å²) in [6, 6.07) is 10.7. The molecule has 1 heterocycles. The number of aliphatic hydroxyl groups is 1. The topological polar surface area (TPSA) is 53.0 Å². The van der Waals surface area contributed by atoms with Gasteiger partial charge in [-0.3, -0.25) is 0 Å². The normalized spacial score (nSPS) is 40.2. The smallest absolute Gasteiger partial charge is 0.320 e. The molecule has 146 valence electrons. The molecule has 1 saturated heterocycles. The molecule has 1 aliphatic heterocycles. The van der Waals surface area contributed by atoms with E-state index in [9.17, 15) is 9.90 Å². The molecule has 4 aliphatic carbocycles. The van der Waals surface area contributed by atoms with Crippen LogP contribution in [0.3, 0.4) is 0 Å². The highest BCUT2D eigenvalue weighted by Crippen LogP contribution is 2.60. The van der Waals surface area contributed by atoms with Gasteiger partial charge in [-0.05, 0) is 49.0 Å². The van der Waals surface area contributed by atoms with Crippen molar-refractivity contribution in [1.82, 2.24) is 9.80 Å². The van der Waals surface area contributed by atoms with Gasteiger partial charge in [0.2, 0.25) is 0 Å². The maximum atomic E-state index is 12.7. The van der Waals surface area contributed by atoms with Gasteiger partial charge in [-0.1, -0.05) is 30.3 Å². The van der Waals surface area contributed by atoms with E-state index in [1.54, 1.807) is 0 Å². The number of hydrogen-bond acceptors (Lipinski definition) is 3. The van der Waals surface area contributed by atoms with E-state index in [-0.39, 0.29) is 18.0 Å². The lowest BCUT2D eigenvalue weighted by atomic mass is 9.47. The number of likely N-dealkylation sites (N-methyl/N-ethyl adjacent to an activating group) is 1. The van der Waals surface area contributed by atoms with Gasteiger partial charge in [-0.15, -0.1) is 0 Å². The highest BCUT2D eigenvalue weighted by Gasteiger charge is 2.62. The summed E-state index contributed by atoms with van der Waals surface area (Å²) in [4.78, 5) is 16.6. The van der Waals surface area contributed by atoms with Crippen LogP contribution in [0.15, 0.2) is 30.3 Å². The Morgan fingerprint density at radius 1 is 1.19 bits per heavy atom. The molecule has 6 unspecified atom stereocenters. The first-order valence-electron chi connectivity index (χ1n) is 10.4. The summed E-state index contributed by atoms with van der Waals surface area (Å²) in [5.41, 5.74) is 0.569. The molecule has 0 radical (unpaired) electrons. The Morgan fingerprint density at radius 2 is 2.00 bits per heavy atom. The molecule has 5 fully saturated rings. The summed E-state index contributed by atoms with van der Waals surface area (Å²) in [6.07, 6.45) is 4.06. The number of carbonyl (C=O) groups is 1. The van der Waals surface area contributed by atoms with Gasteiger partial charge in [-0.2, -0.15) is 0 Å². The number of rotatable bonds is 5. The maximum absolute atomic E-state index is 12.7. The van der Waals surface area contributed by atoms with Crippen LogP contribution in [-0.4, -0.2) is 59.3 Å². The molecule has 5 nitrogen and oxygen atoms in total. The molecule has 1 N–H and O–H groups in total. The van der Waals surface area contributed by atoms with E-state index in [0.717, 1.165) is 32.4 Å². The first-order valence-corrected chi connectivity index (χ1v) is 10.4. The summed E-state index contributed by atoms with van der Waals surface area (Å²) in [5.74, 6) is 1.58. The molecule has 27 heavy (non-hydrogen) atoms. The van der Waals surface area contributed by atoms with Crippen molar-refractivity contribution in [1.29, 1.82) is 0 Å². The van der Waals surface area contributed by atoms with E-state index in [4.69, 9.17) is 4.74 Å². The van der Waals surface area contributed by atoms with Crippen molar-refractivity contribution in [2.75, 3.05) is 26.7 Å². The molecular formula is C22H30N2O3. The minimum absolute atomic E-state index is 0.137. The summed E-state index contributed by atoms with van der Waals surface area (Å²) >= 11 is 0. The number of nitrogens with zero attached hydrogens (tertiary/aromatic N) is 2. The SMILES string of the molecule is CN1CCN(C2C3CC4CC2C(COCc2ccccc2)C(O)(C4)C3)C1=O. The second-order valence-corrected chi connectivity index (χ2v) is 9.27. The van der Waals surface area contributed by atoms with E-state index in [2.05, 4.69) is 17.0 Å². The molecular weight excluding hydrogens is 340 g/mol. The number of amides is 2. The van der Waals surface area contributed by atoms with E-state index in [0.29, 0.717) is 31.0 Å². The summed E-state index contributed by atoms with van der Waals surface area (Å²) < 4.78 is 6.10. The lowest BCUT2D eigenvalue weighted by Gasteiger charge is -2.63. The average molecular weight is 370 g/mol. The van der Waals surface area contributed by atoms with Gasteiger partial charge < -0.3 is 19.6 Å². The van der Waals surface area contributed by atoms with Crippen LogP contribution in [0.1, 0.15) is 31.2 Å². The van der Waals surface area contributed by atoms with Gasteiger partial charge >= 0.3 is 6.03 Å². The van der Waals surface area contributed by atoms with Gasteiger partial charge in [0.15, 0.2) is 0 Å². The van der Waals surface area contributed by atoms with Crippen LogP contribution in [0.5, 0.6) is 0 Å². The number of carbonyl (C=O) groups excluding carboxylic acids is 1. The average Bonchev–Trinajstić information content (AvgIpc) is 2.97. The molecule has 0 aromatic heterocycles. The maximum Gasteiger partial charge on any atom is 0.320 e. The Labute approximate surface area is 161 Å². The van der Waals surface area contributed by atoms with E-state index >= 15 is 0 Å². The molecule has 5 aliphatic rings. The van der Waals surface area contributed by atoms with Crippen LogP contribution in [0.2, 0.25) is 0 Å². The third-order valence-corrected chi connectivity index (χ3v) is 7.65. The molecule has 1 aromatic rings. The molecule has 5 heteroatoms. The fourth-order valence-corrected chi connectivity index (χ4v) is 6.64. The summed E-state index contributed by atoms with van der Waals surface area (Å²) in [6.45, 7) is 2.82. The Morgan fingerprint density at radius 3 is 2.74 bits per heavy atom. The Kier molecular flexibility index (Phi) is 4.21. The fourth-order valence-electron chi connectivity index (χ4n) is 6.64. The molecule has 1 aromatic carbocycles. The Hall–Kier alpha value is -1.59. The third kappa shape index (κ3) is 2.87. The monoisotopic (exact) mass is 370 g/mol. The van der Waals surface area contributed by atoms with Crippen molar-refractivity contribution in [2.24, 2.45) is 23.7 Å². The van der Waals surface area contributed by atoms with Crippen molar-refractivity contribution in [3.8, 4) is 0 Å². The minimum atomic E-state index is -0.599. The lowest BCUT2D eigenvalue weighted by molar-refractivity contribution is -0.209. The quantitative estimate of drug-likeness (QED) is 0.867. The number of urea groups is 1. The van der Waals surface area contributed by atoms with Crippen LogP contribution >= 0.6 is 0 Å². The van der Waals surface area contributed by atoms with Crippen LogP contribution < -0.4 is 0 Å². The first kappa shape index (κ1) is 17.5.